The maximum Gasteiger partial charge on any atom is 0.490 e. The summed E-state index contributed by atoms with van der Waals surface area (Å²) in [4.78, 5) is 20.3. The lowest BCUT2D eigenvalue weighted by atomic mass is 10.2. The summed E-state index contributed by atoms with van der Waals surface area (Å²) in [5, 5.41) is 0. The molecule has 7 heteroatoms. The van der Waals surface area contributed by atoms with Crippen LogP contribution in [0.25, 0.3) is 0 Å². The fourth-order valence-electron chi connectivity index (χ4n) is 0.627. The Balaban J connectivity index is 0. The average Bonchev–Trinajstić information content (AvgIpc) is 2.15. The lowest BCUT2D eigenvalue weighted by Crippen LogP contribution is -2.25. The van der Waals surface area contributed by atoms with E-state index in [4.69, 9.17) is 4.74 Å². The van der Waals surface area contributed by atoms with Crippen molar-refractivity contribution in [3.63, 3.8) is 0 Å². The minimum atomic E-state index is -4.85. The van der Waals surface area contributed by atoms with Gasteiger partial charge in [0.1, 0.15) is 5.60 Å². The minimum Gasteiger partial charge on any atom is -0.460 e. The zero-order valence-corrected chi connectivity index (χ0v) is 11.2. The molecular formula is C11H19F3O4. The average molecular weight is 272 g/mol. The Morgan fingerprint density at radius 3 is 1.61 bits per heavy atom. The molecule has 0 amide bonds. The Bertz CT molecular complexity index is 266. The first-order valence-electron chi connectivity index (χ1n) is 5.39. The second kappa shape index (κ2) is 7.94. The van der Waals surface area contributed by atoms with Crippen LogP contribution in [-0.2, 0) is 19.1 Å². The zero-order valence-electron chi connectivity index (χ0n) is 11.2. The SMILES string of the molecule is CCC(=O)OC(C)(C)C.CCOC(=O)C(F)(F)F. The molecule has 0 unspecified atom stereocenters. The highest BCUT2D eigenvalue weighted by Crippen LogP contribution is 2.15. The molecule has 0 aromatic heterocycles. The Kier molecular flexibility index (Phi) is 8.42. The van der Waals surface area contributed by atoms with Crippen molar-refractivity contribution in [1.82, 2.24) is 0 Å². The van der Waals surface area contributed by atoms with Crippen LogP contribution in [0, 0.1) is 0 Å². The lowest BCUT2D eigenvalue weighted by Gasteiger charge is -2.18. The van der Waals surface area contributed by atoms with Gasteiger partial charge in [-0.05, 0) is 27.7 Å². The number of halogens is 3. The first kappa shape index (κ1) is 19.1. The van der Waals surface area contributed by atoms with E-state index in [2.05, 4.69) is 4.74 Å². The van der Waals surface area contributed by atoms with E-state index in [0.717, 1.165) is 0 Å². The van der Waals surface area contributed by atoms with Crippen LogP contribution < -0.4 is 0 Å². The van der Waals surface area contributed by atoms with Crippen molar-refractivity contribution in [2.24, 2.45) is 0 Å². The smallest absolute Gasteiger partial charge is 0.460 e. The quantitative estimate of drug-likeness (QED) is 0.725. The molecule has 0 radical (unpaired) electrons. The minimum absolute atomic E-state index is 0.137. The van der Waals surface area contributed by atoms with Crippen molar-refractivity contribution in [2.45, 2.75) is 52.8 Å². The van der Waals surface area contributed by atoms with Gasteiger partial charge in [0.25, 0.3) is 0 Å². The van der Waals surface area contributed by atoms with E-state index in [0.29, 0.717) is 6.42 Å². The molecule has 0 fully saturated rings. The van der Waals surface area contributed by atoms with Gasteiger partial charge in [-0.25, -0.2) is 4.79 Å². The summed E-state index contributed by atoms with van der Waals surface area (Å²) in [6, 6.07) is 0. The number of hydrogen-bond acceptors (Lipinski definition) is 4. The van der Waals surface area contributed by atoms with Gasteiger partial charge in [-0.15, -0.1) is 0 Å². The molecule has 0 bridgehead atoms. The molecule has 0 N–H and O–H groups in total. The van der Waals surface area contributed by atoms with Gasteiger partial charge in [-0.1, -0.05) is 6.92 Å². The Morgan fingerprint density at radius 1 is 1.06 bits per heavy atom. The fourth-order valence-corrected chi connectivity index (χ4v) is 0.627. The Labute approximate surface area is 104 Å². The second-order valence-corrected chi connectivity index (χ2v) is 4.16. The predicted molar refractivity (Wildman–Crippen MR) is 58.8 cm³/mol. The van der Waals surface area contributed by atoms with Gasteiger partial charge in [0.2, 0.25) is 0 Å². The van der Waals surface area contributed by atoms with Crippen LogP contribution in [0.4, 0.5) is 13.2 Å². The number of carbonyl (C=O) groups is 2. The monoisotopic (exact) mass is 272 g/mol. The van der Waals surface area contributed by atoms with Crippen molar-refractivity contribution in [3.05, 3.63) is 0 Å². The van der Waals surface area contributed by atoms with E-state index in [1.165, 1.54) is 6.92 Å². The second-order valence-electron chi connectivity index (χ2n) is 4.16. The summed E-state index contributed by atoms with van der Waals surface area (Å²) in [6.07, 6.45) is -4.40. The normalized spacial score (nSPS) is 11.1. The number of esters is 2. The van der Waals surface area contributed by atoms with E-state index < -0.39 is 12.1 Å². The highest BCUT2D eigenvalue weighted by molar-refractivity contribution is 5.75. The Hall–Kier alpha value is -1.27. The molecule has 0 heterocycles. The van der Waals surface area contributed by atoms with Crippen molar-refractivity contribution in [3.8, 4) is 0 Å². The fraction of sp³-hybridized carbons (Fsp3) is 0.818. The molecule has 108 valence electrons. The van der Waals surface area contributed by atoms with E-state index in [1.807, 2.05) is 20.8 Å². The highest BCUT2D eigenvalue weighted by Gasteiger charge is 2.40. The van der Waals surface area contributed by atoms with Crippen molar-refractivity contribution >= 4 is 11.9 Å². The van der Waals surface area contributed by atoms with Crippen LogP contribution >= 0.6 is 0 Å². The molecule has 0 aliphatic heterocycles. The van der Waals surface area contributed by atoms with Crippen LogP contribution in [0.1, 0.15) is 41.0 Å². The zero-order chi connectivity index (χ0) is 15.0. The number of carbonyl (C=O) groups excluding carboxylic acids is 2. The number of ether oxygens (including phenoxy) is 2. The molecule has 0 saturated carbocycles. The summed E-state index contributed by atoms with van der Waals surface area (Å²) < 4.78 is 42.1. The number of rotatable bonds is 2. The van der Waals surface area contributed by atoms with Crippen molar-refractivity contribution < 1.29 is 32.2 Å². The topological polar surface area (TPSA) is 52.6 Å². The molecule has 0 rings (SSSR count). The van der Waals surface area contributed by atoms with E-state index in [-0.39, 0.29) is 18.2 Å². The molecular weight excluding hydrogens is 253 g/mol. The maximum absolute atomic E-state index is 11.2. The first-order chi connectivity index (χ1) is 7.94. The molecule has 0 spiro atoms. The molecule has 0 aromatic carbocycles. The third-order valence-corrected chi connectivity index (χ3v) is 1.22. The van der Waals surface area contributed by atoms with Gasteiger partial charge in [0.15, 0.2) is 0 Å². The summed E-state index contributed by atoms with van der Waals surface area (Å²) in [7, 11) is 0. The number of alkyl halides is 3. The van der Waals surface area contributed by atoms with Gasteiger partial charge in [-0.2, -0.15) is 13.2 Å². The molecule has 0 saturated heterocycles. The molecule has 0 aliphatic carbocycles. The summed E-state index contributed by atoms with van der Waals surface area (Å²) >= 11 is 0. The molecule has 4 nitrogen and oxygen atoms in total. The van der Waals surface area contributed by atoms with E-state index in [1.54, 1.807) is 6.92 Å². The van der Waals surface area contributed by atoms with Crippen molar-refractivity contribution in [2.75, 3.05) is 6.61 Å². The predicted octanol–water partition coefficient (Wildman–Crippen LogP) is 2.85. The first-order valence-corrected chi connectivity index (χ1v) is 5.39. The van der Waals surface area contributed by atoms with Gasteiger partial charge in [0.05, 0.1) is 6.61 Å². The lowest BCUT2D eigenvalue weighted by molar-refractivity contribution is -0.199. The van der Waals surface area contributed by atoms with Gasteiger partial charge < -0.3 is 9.47 Å². The largest absolute Gasteiger partial charge is 0.490 e. The summed E-state index contributed by atoms with van der Waals surface area (Å²) in [5.41, 5.74) is -0.326. The molecule has 0 aromatic rings. The van der Waals surface area contributed by atoms with Crippen molar-refractivity contribution in [1.29, 1.82) is 0 Å². The highest BCUT2D eigenvalue weighted by atomic mass is 19.4. The van der Waals surface area contributed by atoms with Gasteiger partial charge in [0, 0.05) is 6.42 Å². The summed E-state index contributed by atoms with van der Waals surface area (Å²) in [5.74, 6) is -2.27. The molecule has 0 atom stereocenters. The maximum atomic E-state index is 11.2. The molecule has 18 heavy (non-hydrogen) atoms. The van der Waals surface area contributed by atoms with Gasteiger partial charge >= 0.3 is 18.1 Å². The van der Waals surface area contributed by atoms with Crippen LogP contribution in [-0.4, -0.2) is 30.3 Å². The third kappa shape index (κ3) is 12.8. The van der Waals surface area contributed by atoms with Crippen LogP contribution in [0.2, 0.25) is 0 Å². The standard InChI is InChI=1S/C7H14O2.C4H5F3O2/c1-5-6(8)9-7(2,3)4;1-2-9-3(8)4(5,6)7/h5H2,1-4H3;2H2,1H3. The van der Waals surface area contributed by atoms with Crippen LogP contribution in [0.3, 0.4) is 0 Å². The van der Waals surface area contributed by atoms with Crippen LogP contribution in [0.15, 0.2) is 0 Å². The van der Waals surface area contributed by atoms with Gasteiger partial charge in [-0.3, -0.25) is 4.79 Å². The Morgan fingerprint density at radius 2 is 1.50 bits per heavy atom. The summed E-state index contributed by atoms with van der Waals surface area (Å²) in [6.45, 7) is 8.43. The molecule has 0 aliphatic rings. The van der Waals surface area contributed by atoms with E-state index >= 15 is 0 Å². The number of hydrogen-bond donors (Lipinski definition) is 0. The van der Waals surface area contributed by atoms with E-state index in [9.17, 15) is 22.8 Å². The van der Waals surface area contributed by atoms with Crippen LogP contribution in [0.5, 0.6) is 0 Å². The third-order valence-electron chi connectivity index (χ3n) is 1.22.